The fourth-order valence-electron chi connectivity index (χ4n) is 2.21. The molecule has 0 bridgehead atoms. The smallest absolute Gasteiger partial charge is 0.241 e. The standard InChI is InChI=1S/C14H20N2O3/c1-14(8-17,9-18)16-12-7-6-10-4-2-3-5-11(10)15-13(12)19/h2-5,12,16-18H,6-9H2,1H3,(H,15,19). The fraction of sp³-hybridized carbons (Fsp3) is 0.500. The molecule has 0 spiro atoms. The number of aryl methyl sites for hydroxylation is 1. The van der Waals surface area contributed by atoms with Gasteiger partial charge in [0.15, 0.2) is 0 Å². The second-order valence-corrected chi connectivity index (χ2v) is 5.26. The van der Waals surface area contributed by atoms with Crippen LogP contribution in [0.4, 0.5) is 5.69 Å². The highest BCUT2D eigenvalue weighted by molar-refractivity contribution is 5.96. The summed E-state index contributed by atoms with van der Waals surface area (Å²) in [7, 11) is 0. The predicted octanol–water partition coefficient (Wildman–Crippen LogP) is 0.273. The van der Waals surface area contributed by atoms with Crippen LogP contribution in [-0.2, 0) is 11.2 Å². The molecule has 1 aliphatic rings. The number of aliphatic hydroxyl groups excluding tert-OH is 2. The van der Waals surface area contributed by atoms with Crippen molar-refractivity contribution in [2.45, 2.75) is 31.3 Å². The maximum absolute atomic E-state index is 12.1. The zero-order valence-electron chi connectivity index (χ0n) is 11.0. The monoisotopic (exact) mass is 264 g/mol. The Bertz CT molecular complexity index is 458. The molecule has 0 aromatic heterocycles. The van der Waals surface area contributed by atoms with Gasteiger partial charge < -0.3 is 15.5 Å². The van der Waals surface area contributed by atoms with Crippen molar-refractivity contribution in [2.75, 3.05) is 18.5 Å². The Kier molecular flexibility index (Phi) is 4.19. The van der Waals surface area contributed by atoms with Crippen molar-refractivity contribution in [1.82, 2.24) is 5.32 Å². The molecule has 1 amide bonds. The Balaban J connectivity index is 2.12. The summed E-state index contributed by atoms with van der Waals surface area (Å²) in [4.78, 5) is 12.1. The summed E-state index contributed by atoms with van der Waals surface area (Å²) < 4.78 is 0. The Hall–Kier alpha value is -1.43. The normalized spacial score (nSPS) is 19.5. The number of anilines is 1. The van der Waals surface area contributed by atoms with Crippen LogP contribution < -0.4 is 10.6 Å². The van der Waals surface area contributed by atoms with Gasteiger partial charge in [-0.15, -0.1) is 0 Å². The van der Waals surface area contributed by atoms with Crippen molar-refractivity contribution >= 4 is 11.6 Å². The topological polar surface area (TPSA) is 81.6 Å². The summed E-state index contributed by atoms with van der Waals surface area (Å²) in [5.41, 5.74) is 1.10. The maximum atomic E-state index is 12.1. The van der Waals surface area contributed by atoms with Gasteiger partial charge in [-0.3, -0.25) is 10.1 Å². The molecule has 1 atom stereocenters. The third-order valence-corrected chi connectivity index (χ3v) is 3.51. The van der Waals surface area contributed by atoms with E-state index in [1.54, 1.807) is 6.92 Å². The van der Waals surface area contributed by atoms with Crippen LogP contribution in [0.2, 0.25) is 0 Å². The number of carbonyl (C=O) groups is 1. The molecular weight excluding hydrogens is 244 g/mol. The highest BCUT2D eigenvalue weighted by Crippen LogP contribution is 2.22. The first-order valence-corrected chi connectivity index (χ1v) is 6.46. The van der Waals surface area contributed by atoms with E-state index < -0.39 is 11.6 Å². The van der Waals surface area contributed by atoms with Crippen LogP contribution in [0.5, 0.6) is 0 Å². The molecule has 1 aromatic carbocycles. The molecular formula is C14H20N2O3. The quantitative estimate of drug-likeness (QED) is 0.629. The lowest BCUT2D eigenvalue weighted by atomic mass is 10.0. The van der Waals surface area contributed by atoms with E-state index in [4.69, 9.17) is 0 Å². The average molecular weight is 264 g/mol. The van der Waals surface area contributed by atoms with Gasteiger partial charge in [0, 0.05) is 5.69 Å². The van der Waals surface area contributed by atoms with Gasteiger partial charge >= 0.3 is 0 Å². The van der Waals surface area contributed by atoms with Crippen molar-refractivity contribution in [3.63, 3.8) is 0 Å². The van der Waals surface area contributed by atoms with Crippen LogP contribution in [0.3, 0.4) is 0 Å². The van der Waals surface area contributed by atoms with E-state index in [-0.39, 0.29) is 19.1 Å². The third-order valence-electron chi connectivity index (χ3n) is 3.51. The molecule has 0 radical (unpaired) electrons. The molecule has 2 rings (SSSR count). The minimum absolute atomic E-state index is 0.127. The first kappa shape index (κ1) is 14.0. The van der Waals surface area contributed by atoms with Gasteiger partial charge in [-0.05, 0) is 31.4 Å². The first-order chi connectivity index (χ1) is 9.08. The van der Waals surface area contributed by atoms with Crippen molar-refractivity contribution in [1.29, 1.82) is 0 Å². The van der Waals surface area contributed by atoms with E-state index in [1.807, 2.05) is 24.3 Å². The number of rotatable bonds is 4. The summed E-state index contributed by atoms with van der Waals surface area (Å²) in [5.74, 6) is -0.127. The minimum Gasteiger partial charge on any atom is -0.394 e. The van der Waals surface area contributed by atoms with E-state index in [1.165, 1.54) is 0 Å². The lowest BCUT2D eigenvalue weighted by Gasteiger charge is -2.30. The van der Waals surface area contributed by atoms with Gasteiger partial charge in [0.25, 0.3) is 0 Å². The molecule has 1 unspecified atom stereocenters. The average Bonchev–Trinajstić information content (AvgIpc) is 2.58. The number of fused-ring (bicyclic) bond motifs is 1. The Morgan fingerprint density at radius 1 is 1.37 bits per heavy atom. The Morgan fingerprint density at radius 2 is 2.05 bits per heavy atom. The first-order valence-electron chi connectivity index (χ1n) is 6.46. The SMILES string of the molecule is CC(CO)(CO)NC1CCc2ccccc2NC1=O. The summed E-state index contributed by atoms with van der Waals surface area (Å²) in [5, 5.41) is 24.5. The second kappa shape index (κ2) is 5.69. The lowest BCUT2D eigenvalue weighted by Crippen LogP contribution is -2.56. The summed E-state index contributed by atoms with van der Waals surface area (Å²) in [6, 6.07) is 7.29. The second-order valence-electron chi connectivity index (χ2n) is 5.26. The van der Waals surface area contributed by atoms with Gasteiger partial charge in [0.1, 0.15) is 0 Å². The highest BCUT2D eigenvalue weighted by Gasteiger charge is 2.31. The number of carbonyl (C=O) groups excluding carboxylic acids is 1. The molecule has 0 saturated carbocycles. The molecule has 1 aliphatic heterocycles. The summed E-state index contributed by atoms with van der Waals surface area (Å²) in [6.07, 6.45) is 1.41. The fourth-order valence-corrected chi connectivity index (χ4v) is 2.21. The number of benzene rings is 1. The zero-order valence-corrected chi connectivity index (χ0v) is 11.0. The molecule has 0 fully saturated rings. The molecule has 4 N–H and O–H groups in total. The Morgan fingerprint density at radius 3 is 2.74 bits per heavy atom. The van der Waals surface area contributed by atoms with Gasteiger partial charge in [-0.2, -0.15) is 0 Å². The van der Waals surface area contributed by atoms with Crippen LogP contribution >= 0.6 is 0 Å². The highest BCUT2D eigenvalue weighted by atomic mass is 16.3. The lowest BCUT2D eigenvalue weighted by molar-refractivity contribution is -0.119. The van der Waals surface area contributed by atoms with Gasteiger partial charge in [0.05, 0.1) is 24.8 Å². The van der Waals surface area contributed by atoms with Crippen LogP contribution in [0.25, 0.3) is 0 Å². The number of para-hydroxylation sites is 1. The molecule has 104 valence electrons. The minimum atomic E-state index is -0.849. The number of nitrogens with one attached hydrogen (secondary N) is 2. The number of amides is 1. The molecule has 0 aliphatic carbocycles. The van der Waals surface area contributed by atoms with Crippen molar-refractivity contribution in [2.24, 2.45) is 0 Å². The van der Waals surface area contributed by atoms with Gasteiger partial charge in [-0.1, -0.05) is 18.2 Å². The van der Waals surface area contributed by atoms with E-state index in [0.717, 1.165) is 17.7 Å². The van der Waals surface area contributed by atoms with Crippen molar-refractivity contribution < 1.29 is 15.0 Å². The Labute approximate surface area is 112 Å². The third kappa shape index (κ3) is 3.12. The predicted molar refractivity (Wildman–Crippen MR) is 72.9 cm³/mol. The van der Waals surface area contributed by atoms with E-state index in [2.05, 4.69) is 10.6 Å². The summed E-state index contributed by atoms with van der Waals surface area (Å²) >= 11 is 0. The van der Waals surface area contributed by atoms with Crippen LogP contribution in [0, 0.1) is 0 Å². The number of hydrogen-bond donors (Lipinski definition) is 4. The van der Waals surface area contributed by atoms with Gasteiger partial charge in [-0.25, -0.2) is 0 Å². The van der Waals surface area contributed by atoms with Crippen molar-refractivity contribution in [3.8, 4) is 0 Å². The van der Waals surface area contributed by atoms with Gasteiger partial charge in [0.2, 0.25) is 5.91 Å². The molecule has 0 saturated heterocycles. The van der Waals surface area contributed by atoms with E-state index >= 15 is 0 Å². The molecule has 1 aromatic rings. The largest absolute Gasteiger partial charge is 0.394 e. The van der Waals surface area contributed by atoms with E-state index in [0.29, 0.717) is 6.42 Å². The number of hydrogen-bond acceptors (Lipinski definition) is 4. The van der Waals surface area contributed by atoms with Crippen LogP contribution in [-0.4, -0.2) is 40.9 Å². The molecule has 19 heavy (non-hydrogen) atoms. The maximum Gasteiger partial charge on any atom is 0.241 e. The van der Waals surface area contributed by atoms with Crippen LogP contribution in [0.15, 0.2) is 24.3 Å². The van der Waals surface area contributed by atoms with Crippen LogP contribution in [0.1, 0.15) is 18.9 Å². The van der Waals surface area contributed by atoms with E-state index in [9.17, 15) is 15.0 Å². The molecule has 5 heteroatoms. The summed E-state index contributed by atoms with van der Waals surface area (Å²) in [6.45, 7) is 1.25. The zero-order chi connectivity index (χ0) is 13.9. The molecule has 1 heterocycles. The number of aliphatic hydroxyl groups is 2. The van der Waals surface area contributed by atoms with Crippen molar-refractivity contribution in [3.05, 3.63) is 29.8 Å². The molecule has 5 nitrogen and oxygen atoms in total.